The lowest BCUT2D eigenvalue weighted by Crippen LogP contribution is -2.27. The van der Waals surface area contributed by atoms with E-state index in [9.17, 15) is 0 Å². The minimum Gasteiger partial charge on any atom is -0.399 e. The lowest BCUT2D eigenvalue weighted by atomic mass is 10.2. The van der Waals surface area contributed by atoms with E-state index in [1.807, 2.05) is 24.3 Å². The van der Waals surface area contributed by atoms with Crippen molar-refractivity contribution < 1.29 is 14.2 Å². The van der Waals surface area contributed by atoms with Gasteiger partial charge in [-0.25, -0.2) is 5.84 Å². The molecule has 0 aliphatic carbocycles. The fraction of sp³-hybridized carbons (Fsp3) is 0.556. The van der Waals surface area contributed by atoms with E-state index in [2.05, 4.69) is 19.2 Å². The Morgan fingerprint density at radius 1 is 1.12 bits per heavy atom. The van der Waals surface area contributed by atoms with Crippen LogP contribution in [-0.4, -0.2) is 46.2 Å². The Morgan fingerprint density at radius 3 is 2.40 bits per heavy atom. The number of ether oxygens (including phenoxy) is 3. The first-order chi connectivity index (χ1) is 12.0. The second-order valence-corrected chi connectivity index (χ2v) is 5.97. The zero-order valence-electron chi connectivity index (χ0n) is 15.5. The van der Waals surface area contributed by atoms with Crippen LogP contribution in [0.1, 0.15) is 19.4 Å². The first-order valence-electron chi connectivity index (χ1n) is 8.49. The Hall–Kier alpha value is -1.64. The average Bonchev–Trinajstić information content (AvgIpc) is 2.59. The molecule has 0 bridgehead atoms. The molecule has 0 atom stereocenters. The topological polar surface area (TPSA) is 95.0 Å². The Labute approximate surface area is 150 Å². The summed E-state index contributed by atoms with van der Waals surface area (Å²) >= 11 is 0. The van der Waals surface area contributed by atoms with Crippen molar-refractivity contribution in [1.82, 2.24) is 5.32 Å². The molecule has 1 aromatic rings. The molecule has 25 heavy (non-hydrogen) atoms. The molecule has 0 aliphatic rings. The van der Waals surface area contributed by atoms with Crippen molar-refractivity contribution in [3.63, 3.8) is 0 Å². The zero-order valence-corrected chi connectivity index (χ0v) is 15.5. The van der Waals surface area contributed by atoms with Crippen LogP contribution in [0.5, 0.6) is 0 Å². The highest BCUT2D eigenvalue weighted by atomic mass is 16.5. The maximum atomic E-state index is 6.02. The van der Waals surface area contributed by atoms with E-state index in [0.29, 0.717) is 44.8 Å². The molecular weight excluding hydrogens is 320 g/mol. The summed E-state index contributed by atoms with van der Waals surface area (Å²) in [6, 6.07) is 8.47. The number of rotatable bonds is 13. The van der Waals surface area contributed by atoms with Gasteiger partial charge in [0.05, 0.1) is 44.4 Å². The SMILES string of the molecule is COCCOCCOC/C(N)=C/N(N)c1ccc(CNC(C)C)cc1. The van der Waals surface area contributed by atoms with Crippen LogP contribution in [0.25, 0.3) is 0 Å². The van der Waals surface area contributed by atoms with E-state index in [4.69, 9.17) is 25.8 Å². The van der Waals surface area contributed by atoms with Crippen LogP contribution in [-0.2, 0) is 20.8 Å². The van der Waals surface area contributed by atoms with E-state index in [1.165, 1.54) is 10.6 Å². The highest BCUT2D eigenvalue weighted by Gasteiger charge is 2.02. The molecule has 0 radical (unpaired) electrons. The van der Waals surface area contributed by atoms with Gasteiger partial charge in [0.2, 0.25) is 0 Å². The van der Waals surface area contributed by atoms with Crippen molar-refractivity contribution in [1.29, 1.82) is 0 Å². The Balaban J connectivity index is 2.32. The molecule has 1 aromatic carbocycles. The molecule has 7 heteroatoms. The van der Waals surface area contributed by atoms with Gasteiger partial charge in [0, 0.05) is 25.9 Å². The first kappa shape index (κ1) is 21.4. The third-order valence-corrected chi connectivity index (χ3v) is 3.33. The van der Waals surface area contributed by atoms with Crippen molar-refractivity contribution in [2.45, 2.75) is 26.4 Å². The maximum Gasteiger partial charge on any atom is 0.0877 e. The summed E-state index contributed by atoms with van der Waals surface area (Å²) in [4.78, 5) is 0. The Bertz CT molecular complexity index is 492. The highest BCUT2D eigenvalue weighted by Crippen LogP contribution is 2.13. The predicted molar refractivity (Wildman–Crippen MR) is 101 cm³/mol. The van der Waals surface area contributed by atoms with Gasteiger partial charge >= 0.3 is 0 Å². The van der Waals surface area contributed by atoms with Crippen molar-refractivity contribution in [2.75, 3.05) is 45.2 Å². The van der Waals surface area contributed by atoms with Gasteiger partial charge in [-0.05, 0) is 17.7 Å². The number of nitrogens with two attached hydrogens (primary N) is 2. The third-order valence-electron chi connectivity index (χ3n) is 3.33. The summed E-state index contributed by atoms with van der Waals surface area (Å²) in [5.74, 6) is 6.02. The van der Waals surface area contributed by atoms with Crippen molar-refractivity contribution in [3.8, 4) is 0 Å². The first-order valence-corrected chi connectivity index (χ1v) is 8.49. The average molecular weight is 352 g/mol. The summed E-state index contributed by atoms with van der Waals surface area (Å²) in [6.07, 6.45) is 1.66. The number of hydrazine groups is 1. The summed E-state index contributed by atoms with van der Waals surface area (Å²) in [6.45, 7) is 7.50. The normalized spacial score (nSPS) is 12.0. The second-order valence-electron chi connectivity index (χ2n) is 5.97. The van der Waals surface area contributed by atoms with Crippen LogP contribution in [0.2, 0.25) is 0 Å². The molecule has 5 N–H and O–H groups in total. The second kappa shape index (κ2) is 12.7. The van der Waals surface area contributed by atoms with Crippen molar-refractivity contribution in [2.24, 2.45) is 11.6 Å². The Morgan fingerprint density at radius 2 is 1.76 bits per heavy atom. The predicted octanol–water partition coefficient (Wildman–Crippen LogP) is 1.34. The molecule has 0 aliphatic heterocycles. The maximum absolute atomic E-state index is 6.02. The molecule has 0 aromatic heterocycles. The van der Waals surface area contributed by atoms with Gasteiger partial charge in [0.1, 0.15) is 0 Å². The fourth-order valence-electron chi connectivity index (χ4n) is 1.95. The molecule has 0 amide bonds. The lowest BCUT2D eigenvalue weighted by molar-refractivity contribution is 0.0299. The molecule has 0 unspecified atom stereocenters. The molecular formula is C18H32N4O3. The van der Waals surface area contributed by atoms with E-state index in [1.54, 1.807) is 13.3 Å². The number of nitrogens with one attached hydrogen (secondary N) is 1. The van der Waals surface area contributed by atoms with Crippen LogP contribution >= 0.6 is 0 Å². The number of hydrogen-bond donors (Lipinski definition) is 3. The molecule has 0 saturated heterocycles. The van der Waals surface area contributed by atoms with E-state index >= 15 is 0 Å². The smallest absolute Gasteiger partial charge is 0.0877 e. The third kappa shape index (κ3) is 10.1. The van der Waals surface area contributed by atoms with Crippen LogP contribution in [0, 0.1) is 0 Å². The van der Waals surface area contributed by atoms with Gasteiger partial charge in [-0.1, -0.05) is 26.0 Å². The molecule has 0 heterocycles. The lowest BCUT2D eigenvalue weighted by Gasteiger charge is -2.16. The van der Waals surface area contributed by atoms with Crippen molar-refractivity contribution in [3.05, 3.63) is 41.7 Å². The number of hydrogen-bond acceptors (Lipinski definition) is 7. The highest BCUT2D eigenvalue weighted by molar-refractivity contribution is 5.48. The van der Waals surface area contributed by atoms with Gasteiger partial charge in [0.25, 0.3) is 0 Å². The molecule has 0 saturated carbocycles. The number of benzene rings is 1. The Kier molecular flexibility index (Phi) is 10.9. The van der Waals surface area contributed by atoms with Crippen LogP contribution in [0.3, 0.4) is 0 Å². The number of anilines is 1. The number of methoxy groups -OCH3 is 1. The standard InChI is InChI=1S/C18H32N4O3/c1-15(2)21-12-16-4-6-18(7-5-16)22(20)13-17(19)14-25-11-10-24-9-8-23-3/h4-7,13,15,21H,8-12,14,19-20H2,1-3H3/b17-13-. The molecule has 142 valence electrons. The monoisotopic (exact) mass is 352 g/mol. The van der Waals surface area contributed by atoms with Gasteiger partial charge in [-0.2, -0.15) is 0 Å². The van der Waals surface area contributed by atoms with Gasteiger partial charge in [-0.15, -0.1) is 0 Å². The molecule has 0 spiro atoms. The fourth-order valence-corrected chi connectivity index (χ4v) is 1.95. The summed E-state index contributed by atoms with van der Waals surface area (Å²) < 4.78 is 15.6. The summed E-state index contributed by atoms with van der Waals surface area (Å²) in [5.41, 5.74) is 8.54. The largest absolute Gasteiger partial charge is 0.399 e. The van der Waals surface area contributed by atoms with Crippen LogP contribution < -0.4 is 21.9 Å². The number of nitrogens with zero attached hydrogens (tertiary/aromatic N) is 1. The summed E-state index contributed by atoms with van der Waals surface area (Å²) in [7, 11) is 1.64. The van der Waals surface area contributed by atoms with Crippen LogP contribution in [0.15, 0.2) is 36.2 Å². The van der Waals surface area contributed by atoms with Gasteiger partial charge in [-0.3, -0.25) is 5.01 Å². The van der Waals surface area contributed by atoms with E-state index in [-0.39, 0.29) is 0 Å². The minimum absolute atomic E-state index is 0.303. The summed E-state index contributed by atoms with van der Waals surface area (Å²) in [5, 5.41) is 4.87. The van der Waals surface area contributed by atoms with Gasteiger partial charge < -0.3 is 25.3 Å². The van der Waals surface area contributed by atoms with Crippen molar-refractivity contribution >= 4 is 5.69 Å². The zero-order chi connectivity index (χ0) is 18.5. The molecule has 0 fully saturated rings. The molecule has 7 nitrogen and oxygen atoms in total. The van der Waals surface area contributed by atoms with E-state index < -0.39 is 0 Å². The molecule has 1 rings (SSSR count). The minimum atomic E-state index is 0.303. The quantitative estimate of drug-likeness (QED) is 0.280. The van der Waals surface area contributed by atoms with Gasteiger partial charge in [0.15, 0.2) is 0 Å². The van der Waals surface area contributed by atoms with Crippen LogP contribution in [0.4, 0.5) is 5.69 Å². The van der Waals surface area contributed by atoms with E-state index in [0.717, 1.165) is 12.2 Å².